The van der Waals surface area contributed by atoms with Crippen LogP contribution in [0.2, 0.25) is 0 Å². The van der Waals surface area contributed by atoms with Crippen LogP contribution < -0.4 is 5.32 Å². The average Bonchev–Trinajstić information content (AvgIpc) is 2.75. The highest BCUT2D eigenvalue weighted by molar-refractivity contribution is 5.93. The Labute approximate surface area is 190 Å². The van der Waals surface area contributed by atoms with Crippen LogP contribution in [0.3, 0.4) is 0 Å². The molecular formula is C26H46N2O3. The highest BCUT2D eigenvalue weighted by atomic mass is 16.5. The maximum Gasteiger partial charge on any atom is 0.305 e. The van der Waals surface area contributed by atoms with Crippen LogP contribution in [0.25, 0.3) is 0 Å². The SMILES string of the molecule is CCCCCCCCCC(=O)OCC.CCN(CC)CC(=O)Nc1c(C)cccc1C. The van der Waals surface area contributed by atoms with E-state index in [1.54, 1.807) is 0 Å². The number of hydrogen-bond donors (Lipinski definition) is 1. The molecule has 0 aliphatic heterocycles. The van der Waals surface area contributed by atoms with Gasteiger partial charge in [-0.2, -0.15) is 0 Å². The van der Waals surface area contributed by atoms with Gasteiger partial charge in [0.25, 0.3) is 0 Å². The number of unbranched alkanes of at least 4 members (excludes halogenated alkanes) is 6. The van der Waals surface area contributed by atoms with E-state index in [-0.39, 0.29) is 11.9 Å². The smallest absolute Gasteiger partial charge is 0.305 e. The van der Waals surface area contributed by atoms with Gasteiger partial charge in [-0.05, 0) is 51.4 Å². The zero-order valence-electron chi connectivity index (χ0n) is 20.9. The van der Waals surface area contributed by atoms with Gasteiger partial charge in [-0.25, -0.2) is 0 Å². The monoisotopic (exact) mass is 434 g/mol. The molecule has 0 saturated carbocycles. The average molecular weight is 435 g/mol. The number of anilines is 1. The molecule has 0 unspecified atom stereocenters. The van der Waals surface area contributed by atoms with Crippen molar-refractivity contribution in [3.05, 3.63) is 29.3 Å². The first kappa shape index (κ1) is 29.1. The van der Waals surface area contributed by atoms with Gasteiger partial charge in [-0.1, -0.05) is 77.5 Å². The van der Waals surface area contributed by atoms with Crippen molar-refractivity contribution in [1.82, 2.24) is 4.90 Å². The number of amides is 1. The zero-order chi connectivity index (χ0) is 23.5. The molecule has 1 rings (SSSR count). The Morgan fingerprint density at radius 2 is 1.42 bits per heavy atom. The minimum Gasteiger partial charge on any atom is -0.466 e. The third kappa shape index (κ3) is 14.7. The van der Waals surface area contributed by atoms with Gasteiger partial charge in [0.1, 0.15) is 0 Å². The van der Waals surface area contributed by atoms with Gasteiger partial charge in [0, 0.05) is 12.1 Å². The lowest BCUT2D eigenvalue weighted by molar-refractivity contribution is -0.143. The van der Waals surface area contributed by atoms with E-state index < -0.39 is 0 Å². The lowest BCUT2D eigenvalue weighted by atomic mass is 10.1. The van der Waals surface area contributed by atoms with Gasteiger partial charge in [-0.3, -0.25) is 14.5 Å². The minimum atomic E-state index is -0.0407. The molecule has 0 fully saturated rings. The van der Waals surface area contributed by atoms with E-state index in [9.17, 15) is 9.59 Å². The molecule has 31 heavy (non-hydrogen) atoms. The molecule has 0 heterocycles. The minimum absolute atomic E-state index is 0.0407. The van der Waals surface area contributed by atoms with E-state index in [0.29, 0.717) is 19.6 Å². The number of hydrogen-bond acceptors (Lipinski definition) is 4. The fraction of sp³-hybridized carbons (Fsp3) is 0.692. The molecule has 0 saturated heterocycles. The first-order chi connectivity index (χ1) is 14.9. The van der Waals surface area contributed by atoms with Crippen molar-refractivity contribution in [3.8, 4) is 0 Å². The molecule has 0 aliphatic rings. The van der Waals surface area contributed by atoms with Crippen LogP contribution >= 0.6 is 0 Å². The van der Waals surface area contributed by atoms with Crippen molar-refractivity contribution in [3.63, 3.8) is 0 Å². The summed E-state index contributed by atoms with van der Waals surface area (Å²) in [6.45, 7) is 15.0. The maximum absolute atomic E-state index is 11.9. The largest absolute Gasteiger partial charge is 0.466 e. The fourth-order valence-electron chi connectivity index (χ4n) is 3.30. The molecular weight excluding hydrogens is 388 g/mol. The molecule has 1 amide bonds. The Balaban J connectivity index is 0.000000594. The predicted octanol–water partition coefficient (Wildman–Crippen LogP) is 6.27. The Morgan fingerprint density at radius 3 is 1.94 bits per heavy atom. The van der Waals surface area contributed by atoms with E-state index in [4.69, 9.17) is 4.74 Å². The molecule has 1 aromatic carbocycles. The van der Waals surface area contributed by atoms with E-state index in [1.165, 1.54) is 38.5 Å². The van der Waals surface area contributed by atoms with Crippen molar-refractivity contribution in [2.24, 2.45) is 0 Å². The van der Waals surface area contributed by atoms with E-state index >= 15 is 0 Å². The summed E-state index contributed by atoms with van der Waals surface area (Å²) in [4.78, 5) is 24.9. The second kappa shape index (κ2) is 18.9. The Hall–Kier alpha value is -1.88. The number of carbonyl (C=O) groups is 2. The summed E-state index contributed by atoms with van der Waals surface area (Å²) in [5.74, 6) is 0.0205. The van der Waals surface area contributed by atoms with Crippen molar-refractivity contribution in [2.45, 2.75) is 92.9 Å². The van der Waals surface area contributed by atoms with Crippen molar-refractivity contribution >= 4 is 17.6 Å². The number of likely N-dealkylation sites (N-methyl/N-ethyl adjacent to an activating group) is 1. The first-order valence-corrected chi connectivity index (χ1v) is 12.1. The molecule has 1 N–H and O–H groups in total. The standard InChI is InChI=1S/C14H22N2O.C12H24O2/c1-5-16(6-2)10-13(17)15-14-11(3)8-7-9-12(14)4;1-3-5-6-7-8-9-10-11-12(13)14-4-2/h7-9H,5-6,10H2,1-4H3,(H,15,17);3-11H2,1-2H3. The van der Waals surface area contributed by atoms with Gasteiger partial charge in [0.05, 0.1) is 13.2 Å². The summed E-state index contributed by atoms with van der Waals surface area (Å²) in [6, 6.07) is 6.03. The van der Waals surface area contributed by atoms with Gasteiger partial charge in [0.15, 0.2) is 0 Å². The lowest BCUT2D eigenvalue weighted by Gasteiger charge is -2.18. The van der Waals surface area contributed by atoms with Crippen molar-refractivity contribution in [1.29, 1.82) is 0 Å². The number of benzene rings is 1. The number of nitrogens with zero attached hydrogens (tertiary/aromatic N) is 1. The molecule has 0 spiro atoms. The molecule has 0 radical (unpaired) electrons. The number of nitrogens with one attached hydrogen (secondary N) is 1. The summed E-state index contributed by atoms with van der Waals surface area (Å²) >= 11 is 0. The maximum atomic E-state index is 11.9. The van der Waals surface area contributed by atoms with Crippen LogP contribution in [-0.4, -0.2) is 43.0 Å². The zero-order valence-corrected chi connectivity index (χ0v) is 20.9. The van der Waals surface area contributed by atoms with Crippen molar-refractivity contribution < 1.29 is 14.3 Å². The topological polar surface area (TPSA) is 58.6 Å². The van der Waals surface area contributed by atoms with Crippen LogP contribution in [0.4, 0.5) is 5.69 Å². The molecule has 0 aliphatic carbocycles. The van der Waals surface area contributed by atoms with Crippen molar-refractivity contribution in [2.75, 3.05) is 31.6 Å². The Bertz CT molecular complexity index is 592. The number of ether oxygens (including phenoxy) is 1. The number of para-hydroxylation sites is 1. The van der Waals surface area contributed by atoms with Gasteiger partial charge < -0.3 is 10.1 Å². The van der Waals surface area contributed by atoms with E-state index in [0.717, 1.165) is 36.3 Å². The summed E-state index contributed by atoms with van der Waals surface area (Å²) in [5.41, 5.74) is 3.17. The van der Waals surface area contributed by atoms with Gasteiger partial charge in [0.2, 0.25) is 5.91 Å². The third-order valence-corrected chi connectivity index (χ3v) is 5.30. The second-order valence-electron chi connectivity index (χ2n) is 7.95. The number of esters is 1. The molecule has 0 aromatic heterocycles. The van der Waals surface area contributed by atoms with E-state index in [2.05, 4.69) is 31.0 Å². The number of aryl methyl sites for hydroxylation is 2. The summed E-state index contributed by atoms with van der Waals surface area (Å²) in [5, 5.41) is 3.00. The van der Waals surface area contributed by atoms with Gasteiger partial charge >= 0.3 is 5.97 Å². The summed E-state index contributed by atoms with van der Waals surface area (Å²) < 4.78 is 4.85. The predicted molar refractivity (Wildman–Crippen MR) is 132 cm³/mol. The van der Waals surface area contributed by atoms with E-state index in [1.807, 2.05) is 39.0 Å². The normalized spacial score (nSPS) is 10.4. The molecule has 0 atom stereocenters. The highest BCUT2D eigenvalue weighted by Crippen LogP contribution is 2.19. The quantitative estimate of drug-likeness (QED) is 0.277. The van der Waals surface area contributed by atoms with Crippen LogP contribution in [0.15, 0.2) is 18.2 Å². The molecule has 1 aromatic rings. The summed E-state index contributed by atoms with van der Waals surface area (Å²) in [6.07, 6.45) is 9.32. The molecule has 0 bridgehead atoms. The Kier molecular flexibility index (Phi) is 17.7. The van der Waals surface area contributed by atoms with Crippen LogP contribution in [0.5, 0.6) is 0 Å². The molecule has 5 heteroatoms. The number of carbonyl (C=O) groups excluding carboxylic acids is 2. The first-order valence-electron chi connectivity index (χ1n) is 12.1. The number of rotatable bonds is 14. The highest BCUT2D eigenvalue weighted by Gasteiger charge is 2.10. The third-order valence-electron chi connectivity index (χ3n) is 5.30. The molecule has 5 nitrogen and oxygen atoms in total. The van der Waals surface area contributed by atoms with Crippen LogP contribution in [-0.2, 0) is 14.3 Å². The second-order valence-corrected chi connectivity index (χ2v) is 7.95. The fourth-order valence-corrected chi connectivity index (χ4v) is 3.30. The Morgan fingerprint density at radius 1 is 0.871 bits per heavy atom. The van der Waals surface area contributed by atoms with Crippen LogP contribution in [0.1, 0.15) is 90.2 Å². The lowest BCUT2D eigenvalue weighted by Crippen LogP contribution is -2.33. The van der Waals surface area contributed by atoms with Crippen LogP contribution in [0, 0.1) is 13.8 Å². The summed E-state index contributed by atoms with van der Waals surface area (Å²) in [7, 11) is 0. The molecule has 178 valence electrons. The van der Waals surface area contributed by atoms with Gasteiger partial charge in [-0.15, -0.1) is 0 Å².